The van der Waals surface area contributed by atoms with E-state index in [4.69, 9.17) is 4.74 Å². The first-order valence-electron chi connectivity index (χ1n) is 7.52. The Bertz CT molecular complexity index is 370. The molecule has 0 spiro atoms. The number of hydrogen-bond donors (Lipinski definition) is 0. The van der Waals surface area contributed by atoms with E-state index in [1.807, 2.05) is 0 Å². The van der Waals surface area contributed by atoms with E-state index in [9.17, 15) is 0 Å². The first-order chi connectivity index (χ1) is 9.15. The number of rotatable bonds is 5. The quantitative estimate of drug-likeness (QED) is 0.766. The van der Waals surface area contributed by atoms with Gasteiger partial charge in [0.1, 0.15) is 6.10 Å². The molecular formula is C15H28BrN3O. The summed E-state index contributed by atoms with van der Waals surface area (Å²) >= 11 is 0. The third-order valence-electron chi connectivity index (χ3n) is 3.97. The zero-order valence-electron chi connectivity index (χ0n) is 13.1. The lowest BCUT2D eigenvalue weighted by molar-refractivity contribution is 0.133. The molecule has 0 aromatic rings. The van der Waals surface area contributed by atoms with Crippen LogP contribution in [0.15, 0.2) is 16.8 Å². The Balaban J connectivity index is 0.00000200. The normalized spacial score (nSPS) is 24.4. The Kier molecular flexibility index (Phi) is 7.03. The standard InChI is InChI=1S/C15H27N3O.BrH/c1-5-9-17(3)12-7-8-13-14(11-12)19-15(16-13)18(4)10-6-2;/h8,12,14H,5-7,9-11H2,1-4H3;1H. The largest absolute Gasteiger partial charge is 0.455 e. The minimum atomic E-state index is 0. The summed E-state index contributed by atoms with van der Waals surface area (Å²) in [6.45, 7) is 6.56. The fourth-order valence-corrected chi connectivity index (χ4v) is 2.84. The first-order valence-corrected chi connectivity index (χ1v) is 7.52. The van der Waals surface area contributed by atoms with Crippen molar-refractivity contribution in [3.63, 3.8) is 0 Å². The molecule has 20 heavy (non-hydrogen) atoms. The third-order valence-corrected chi connectivity index (χ3v) is 3.97. The van der Waals surface area contributed by atoms with Gasteiger partial charge in [0.05, 0.1) is 5.70 Å². The molecular weight excluding hydrogens is 318 g/mol. The maximum atomic E-state index is 6.02. The molecule has 0 saturated carbocycles. The number of amidine groups is 1. The summed E-state index contributed by atoms with van der Waals surface area (Å²) in [6, 6.07) is 1.40. The SMILES string of the molecule is Br.CCCN(C)C1=NC2=CCC(N(C)CCC)CC2O1. The number of hydrogen-bond acceptors (Lipinski definition) is 4. The lowest BCUT2D eigenvalue weighted by Gasteiger charge is -2.32. The van der Waals surface area contributed by atoms with Crippen LogP contribution in [-0.2, 0) is 4.74 Å². The smallest absolute Gasteiger partial charge is 0.292 e. The van der Waals surface area contributed by atoms with Crippen LogP contribution in [0.25, 0.3) is 0 Å². The molecule has 0 aromatic heterocycles. The van der Waals surface area contributed by atoms with Crippen molar-refractivity contribution in [2.45, 2.75) is 51.7 Å². The van der Waals surface area contributed by atoms with E-state index in [1.165, 1.54) is 6.42 Å². The highest BCUT2D eigenvalue weighted by molar-refractivity contribution is 8.93. The van der Waals surface area contributed by atoms with Crippen molar-refractivity contribution in [3.8, 4) is 0 Å². The molecule has 0 amide bonds. The average molecular weight is 346 g/mol. The summed E-state index contributed by atoms with van der Waals surface area (Å²) in [5.41, 5.74) is 1.14. The van der Waals surface area contributed by atoms with Crippen LogP contribution in [0.3, 0.4) is 0 Å². The number of nitrogens with zero attached hydrogens (tertiary/aromatic N) is 3. The summed E-state index contributed by atoms with van der Waals surface area (Å²) in [5, 5.41) is 0. The van der Waals surface area contributed by atoms with Gasteiger partial charge in [0.15, 0.2) is 0 Å². The molecule has 116 valence electrons. The Morgan fingerprint density at radius 2 is 1.95 bits per heavy atom. The number of ether oxygens (including phenoxy) is 1. The molecule has 0 radical (unpaired) electrons. The van der Waals surface area contributed by atoms with E-state index in [0.717, 1.165) is 44.1 Å². The molecule has 4 nitrogen and oxygen atoms in total. The number of halogens is 1. The summed E-state index contributed by atoms with van der Waals surface area (Å²) in [7, 11) is 4.27. The van der Waals surface area contributed by atoms with Crippen LogP contribution in [0.1, 0.15) is 39.5 Å². The fraction of sp³-hybridized carbons (Fsp3) is 0.800. The monoisotopic (exact) mass is 345 g/mol. The number of fused-ring (bicyclic) bond motifs is 1. The second kappa shape index (κ2) is 8.03. The van der Waals surface area contributed by atoms with Crippen molar-refractivity contribution >= 4 is 23.0 Å². The fourth-order valence-electron chi connectivity index (χ4n) is 2.84. The highest BCUT2D eigenvalue weighted by Crippen LogP contribution is 2.30. The van der Waals surface area contributed by atoms with E-state index in [2.05, 4.69) is 48.8 Å². The molecule has 1 aliphatic carbocycles. The van der Waals surface area contributed by atoms with Crippen LogP contribution in [0.5, 0.6) is 0 Å². The Hall–Kier alpha value is -0.550. The Morgan fingerprint density at radius 1 is 1.25 bits per heavy atom. The van der Waals surface area contributed by atoms with Crippen molar-refractivity contribution in [2.24, 2.45) is 4.99 Å². The van der Waals surface area contributed by atoms with Crippen LogP contribution < -0.4 is 0 Å². The van der Waals surface area contributed by atoms with E-state index in [1.54, 1.807) is 0 Å². The van der Waals surface area contributed by atoms with Gasteiger partial charge in [-0.15, -0.1) is 17.0 Å². The summed E-state index contributed by atoms with van der Waals surface area (Å²) in [4.78, 5) is 9.20. The highest BCUT2D eigenvalue weighted by Gasteiger charge is 2.33. The van der Waals surface area contributed by atoms with Gasteiger partial charge in [-0.2, -0.15) is 4.99 Å². The van der Waals surface area contributed by atoms with Gasteiger partial charge in [-0.05, 0) is 32.9 Å². The molecule has 2 rings (SSSR count). The second-order valence-electron chi connectivity index (χ2n) is 5.66. The van der Waals surface area contributed by atoms with Crippen molar-refractivity contribution in [1.82, 2.24) is 9.80 Å². The molecule has 0 saturated heterocycles. The predicted octanol–water partition coefficient (Wildman–Crippen LogP) is 3.05. The minimum absolute atomic E-state index is 0. The van der Waals surface area contributed by atoms with Crippen molar-refractivity contribution < 1.29 is 4.74 Å². The molecule has 0 N–H and O–H groups in total. The highest BCUT2D eigenvalue weighted by atomic mass is 79.9. The minimum Gasteiger partial charge on any atom is -0.455 e. The maximum absolute atomic E-state index is 6.02. The third kappa shape index (κ3) is 3.98. The van der Waals surface area contributed by atoms with Crippen LogP contribution in [-0.4, -0.2) is 55.2 Å². The van der Waals surface area contributed by atoms with Gasteiger partial charge in [-0.1, -0.05) is 19.9 Å². The van der Waals surface area contributed by atoms with Gasteiger partial charge < -0.3 is 14.5 Å². The molecule has 1 aliphatic heterocycles. The average Bonchev–Trinajstić information content (AvgIpc) is 2.82. The van der Waals surface area contributed by atoms with Crippen molar-refractivity contribution in [1.29, 1.82) is 0 Å². The van der Waals surface area contributed by atoms with Crippen LogP contribution >= 0.6 is 17.0 Å². The molecule has 0 bridgehead atoms. The Labute approximate surface area is 133 Å². The number of aliphatic imine (C=N–C) groups is 1. The topological polar surface area (TPSA) is 28.1 Å². The van der Waals surface area contributed by atoms with Gasteiger partial charge >= 0.3 is 0 Å². The van der Waals surface area contributed by atoms with E-state index < -0.39 is 0 Å². The Morgan fingerprint density at radius 3 is 2.60 bits per heavy atom. The van der Waals surface area contributed by atoms with E-state index in [0.29, 0.717) is 6.04 Å². The predicted molar refractivity (Wildman–Crippen MR) is 89.6 cm³/mol. The lowest BCUT2D eigenvalue weighted by atomic mass is 9.96. The summed E-state index contributed by atoms with van der Waals surface area (Å²) < 4.78 is 6.02. The first kappa shape index (κ1) is 17.5. The van der Waals surface area contributed by atoms with Gasteiger partial charge in [0.2, 0.25) is 0 Å². The summed E-state index contributed by atoms with van der Waals surface area (Å²) in [6.07, 6.45) is 6.92. The molecule has 2 unspecified atom stereocenters. The van der Waals surface area contributed by atoms with Gasteiger partial charge in [-0.3, -0.25) is 0 Å². The van der Waals surface area contributed by atoms with Crippen LogP contribution in [0.2, 0.25) is 0 Å². The van der Waals surface area contributed by atoms with Gasteiger partial charge in [0, 0.05) is 26.1 Å². The molecule has 2 aliphatic rings. The van der Waals surface area contributed by atoms with Crippen LogP contribution in [0, 0.1) is 0 Å². The zero-order valence-corrected chi connectivity index (χ0v) is 14.8. The van der Waals surface area contributed by atoms with Crippen molar-refractivity contribution in [3.05, 3.63) is 11.8 Å². The van der Waals surface area contributed by atoms with Gasteiger partial charge in [-0.25, -0.2) is 0 Å². The molecule has 1 heterocycles. The molecule has 0 aromatic carbocycles. The zero-order chi connectivity index (χ0) is 13.8. The maximum Gasteiger partial charge on any atom is 0.292 e. The van der Waals surface area contributed by atoms with Gasteiger partial charge in [0.25, 0.3) is 6.02 Å². The second-order valence-corrected chi connectivity index (χ2v) is 5.66. The molecule has 2 atom stereocenters. The molecule has 5 heteroatoms. The van der Waals surface area contributed by atoms with E-state index >= 15 is 0 Å². The molecule has 0 fully saturated rings. The van der Waals surface area contributed by atoms with E-state index in [-0.39, 0.29) is 23.1 Å². The lowest BCUT2D eigenvalue weighted by Crippen LogP contribution is -2.38. The van der Waals surface area contributed by atoms with Crippen LogP contribution in [0.4, 0.5) is 0 Å². The summed E-state index contributed by atoms with van der Waals surface area (Å²) in [5.74, 6) is 0. The van der Waals surface area contributed by atoms with Crippen molar-refractivity contribution in [2.75, 3.05) is 27.2 Å².